The topological polar surface area (TPSA) is 67.4 Å². The number of nitrogens with one attached hydrogen (secondary N) is 2. The summed E-state index contributed by atoms with van der Waals surface area (Å²) >= 11 is 0. The van der Waals surface area contributed by atoms with Crippen LogP contribution in [0.2, 0.25) is 0 Å². The zero-order valence-corrected chi connectivity index (χ0v) is 18.4. The van der Waals surface area contributed by atoms with Crippen molar-refractivity contribution in [3.8, 4) is 0 Å². The van der Waals surface area contributed by atoms with Gasteiger partial charge in [-0.3, -0.25) is 9.59 Å². The minimum absolute atomic E-state index is 0.00962. The Labute approximate surface area is 186 Å². The molecule has 0 radical (unpaired) electrons. The molecule has 5 nitrogen and oxygen atoms in total. The molecule has 2 N–H and O–H groups in total. The van der Waals surface area contributed by atoms with E-state index in [4.69, 9.17) is 4.74 Å². The number of anilines is 1. The summed E-state index contributed by atoms with van der Waals surface area (Å²) in [5, 5.41) is 4.96. The Balaban J connectivity index is 1.40. The standard InChI is InChI=1S/C24H31F3N2O3/c1-22(9-10-22)19(16-3-2-4-16)13-20(30)29-18-7-5-17(6-8-18)23(11-12-32-15-23)21(31)28-14-24(25,26)27/h5-8,16,19H,2-4,9-15H2,1H3,(H,28,31)(H,29,30). The summed E-state index contributed by atoms with van der Waals surface area (Å²) in [6.07, 6.45) is 2.41. The fourth-order valence-electron chi connectivity index (χ4n) is 5.13. The summed E-state index contributed by atoms with van der Waals surface area (Å²) in [4.78, 5) is 25.4. The van der Waals surface area contributed by atoms with Gasteiger partial charge >= 0.3 is 6.18 Å². The Hall–Kier alpha value is -2.09. The second-order valence-corrected chi connectivity index (χ2v) is 9.96. The maximum atomic E-state index is 12.7. The minimum Gasteiger partial charge on any atom is -0.380 e. The number of carbonyl (C=O) groups is 2. The summed E-state index contributed by atoms with van der Waals surface area (Å²) < 4.78 is 43.1. The molecule has 1 saturated heterocycles. The molecule has 1 aliphatic heterocycles. The Morgan fingerprint density at radius 3 is 2.34 bits per heavy atom. The molecule has 2 unspecified atom stereocenters. The summed E-state index contributed by atoms with van der Waals surface area (Å²) in [5.74, 6) is 0.370. The van der Waals surface area contributed by atoms with Gasteiger partial charge in [-0.05, 0) is 54.2 Å². The monoisotopic (exact) mass is 452 g/mol. The van der Waals surface area contributed by atoms with Gasteiger partial charge < -0.3 is 15.4 Å². The number of hydrogen-bond acceptors (Lipinski definition) is 3. The molecule has 32 heavy (non-hydrogen) atoms. The third kappa shape index (κ3) is 4.95. The van der Waals surface area contributed by atoms with Crippen molar-refractivity contribution >= 4 is 17.5 Å². The molecule has 2 atom stereocenters. The number of alkyl halides is 3. The maximum absolute atomic E-state index is 12.7. The minimum atomic E-state index is -4.47. The van der Waals surface area contributed by atoms with Gasteiger partial charge in [0.25, 0.3) is 0 Å². The Kier molecular flexibility index (Phi) is 6.27. The van der Waals surface area contributed by atoms with E-state index >= 15 is 0 Å². The van der Waals surface area contributed by atoms with Gasteiger partial charge in [-0.1, -0.05) is 38.3 Å². The fraction of sp³-hybridized carbons (Fsp3) is 0.667. The van der Waals surface area contributed by atoms with E-state index in [-0.39, 0.29) is 12.5 Å². The van der Waals surface area contributed by atoms with Crippen molar-refractivity contribution in [2.24, 2.45) is 17.3 Å². The van der Waals surface area contributed by atoms with Crippen molar-refractivity contribution < 1.29 is 27.5 Å². The maximum Gasteiger partial charge on any atom is 0.405 e. The van der Waals surface area contributed by atoms with Crippen LogP contribution in [-0.2, 0) is 19.7 Å². The first-order valence-electron chi connectivity index (χ1n) is 11.4. The van der Waals surface area contributed by atoms with E-state index in [0.29, 0.717) is 48.0 Å². The highest BCUT2D eigenvalue weighted by Gasteiger charge is 2.49. The predicted molar refractivity (Wildman–Crippen MR) is 114 cm³/mol. The number of carbonyl (C=O) groups excluding carboxylic acids is 2. The first-order valence-corrected chi connectivity index (χ1v) is 11.4. The van der Waals surface area contributed by atoms with Crippen LogP contribution >= 0.6 is 0 Å². The van der Waals surface area contributed by atoms with Gasteiger partial charge in [-0.25, -0.2) is 0 Å². The third-order valence-corrected chi connectivity index (χ3v) is 7.68. The van der Waals surface area contributed by atoms with Crippen LogP contribution in [0.15, 0.2) is 24.3 Å². The van der Waals surface area contributed by atoms with Gasteiger partial charge in [0.2, 0.25) is 11.8 Å². The smallest absolute Gasteiger partial charge is 0.380 e. The molecule has 3 fully saturated rings. The van der Waals surface area contributed by atoms with Gasteiger partial charge in [0, 0.05) is 18.7 Å². The predicted octanol–water partition coefficient (Wildman–Crippen LogP) is 4.57. The van der Waals surface area contributed by atoms with Gasteiger partial charge in [-0.15, -0.1) is 0 Å². The van der Waals surface area contributed by atoms with Crippen molar-refractivity contribution in [1.29, 1.82) is 0 Å². The normalized spacial score (nSPS) is 25.6. The van der Waals surface area contributed by atoms with E-state index in [1.165, 1.54) is 32.1 Å². The molecule has 4 rings (SSSR count). The van der Waals surface area contributed by atoms with Gasteiger partial charge in [-0.2, -0.15) is 13.2 Å². The molecule has 2 saturated carbocycles. The first-order chi connectivity index (χ1) is 15.1. The van der Waals surface area contributed by atoms with Crippen LogP contribution in [0.1, 0.15) is 57.4 Å². The second-order valence-electron chi connectivity index (χ2n) is 9.96. The molecule has 1 aromatic carbocycles. The summed E-state index contributed by atoms with van der Waals surface area (Å²) in [6.45, 7) is 1.25. The number of benzene rings is 1. The largest absolute Gasteiger partial charge is 0.405 e. The molecular formula is C24H31F3N2O3. The molecule has 176 valence electrons. The lowest BCUT2D eigenvalue weighted by Gasteiger charge is -2.37. The second kappa shape index (κ2) is 8.69. The third-order valence-electron chi connectivity index (χ3n) is 7.68. The van der Waals surface area contributed by atoms with Crippen LogP contribution in [0.3, 0.4) is 0 Å². The van der Waals surface area contributed by atoms with Crippen molar-refractivity contribution in [2.75, 3.05) is 25.1 Å². The zero-order chi connectivity index (χ0) is 23.0. The van der Waals surface area contributed by atoms with Crippen LogP contribution < -0.4 is 10.6 Å². The average molecular weight is 453 g/mol. The highest BCUT2D eigenvalue weighted by molar-refractivity contribution is 5.92. The number of ether oxygens (including phenoxy) is 1. The van der Waals surface area contributed by atoms with Crippen LogP contribution in [0, 0.1) is 17.3 Å². The molecule has 1 aromatic rings. The van der Waals surface area contributed by atoms with E-state index in [0.717, 1.165) is 0 Å². The highest BCUT2D eigenvalue weighted by atomic mass is 19.4. The van der Waals surface area contributed by atoms with E-state index in [9.17, 15) is 22.8 Å². The fourth-order valence-corrected chi connectivity index (χ4v) is 5.13. The van der Waals surface area contributed by atoms with Crippen LogP contribution in [0.4, 0.5) is 18.9 Å². The molecule has 1 heterocycles. The Morgan fingerprint density at radius 1 is 1.16 bits per heavy atom. The van der Waals surface area contributed by atoms with Crippen molar-refractivity contribution in [1.82, 2.24) is 5.32 Å². The molecule has 8 heteroatoms. The number of hydrogen-bond donors (Lipinski definition) is 2. The van der Waals surface area contributed by atoms with Crippen LogP contribution in [-0.4, -0.2) is 37.7 Å². The lowest BCUT2D eigenvalue weighted by Crippen LogP contribution is -2.47. The quantitative estimate of drug-likeness (QED) is 0.607. The van der Waals surface area contributed by atoms with Gasteiger partial charge in [0.05, 0.1) is 12.0 Å². The Bertz CT molecular complexity index is 839. The van der Waals surface area contributed by atoms with E-state index in [2.05, 4.69) is 12.2 Å². The first kappa shape index (κ1) is 23.1. The number of halogens is 3. The van der Waals surface area contributed by atoms with Crippen molar-refractivity contribution in [3.05, 3.63) is 29.8 Å². The van der Waals surface area contributed by atoms with Gasteiger partial charge in [0.15, 0.2) is 0 Å². The van der Waals surface area contributed by atoms with Gasteiger partial charge in [0.1, 0.15) is 6.54 Å². The summed E-state index contributed by atoms with van der Waals surface area (Å²) in [6, 6.07) is 6.81. The highest BCUT2D eigenvalue weighted by Crippen LogP contribution is 2.58. The molecule has 0 aromatic heterocycles. The van der Waals surface area contributed by atoms with Crippen molar-refractivity contribution in [3.63, 3.8) is 0 Å². The lowest BCUT2D eigenvalue weighted by atomic mass is 9.68. The van der Waals surface area contributed by atoms with E-state index in [1.807, 2.05) is 5.32 Å². The molecular weight excluding hydrogens is 421 g/mol. The SMILES string of the molecule is CC1(C(CC(=O)Nc2ccc(C3(C(=O)NCC(F)(F)F)CCOC3)cc2)C2CCC2)CC1. The lowest BCUT2D eigenvalue weighted by molar-refractivity contribution is -0.142. The number of amides is 2. The average Bonchev–Trinajstić information content (AvgIpc) is 3.24. The summed E-state index contributed by atoms with van der Waals surface area (Å²) in [5.41, 5.74) is 0.358. The van der Waals surface area contributed by atoms with E-state index in [1.54, 1.807) is 24.3 Å². The van der Waals surface area contributed by atoms with E-state index < -0.39 is 24.0 Å². The number of rotatable bonds is 8. The molecule has 2 aliphatic carbocycles. The molecule has 0 bridgehead atoms. The zero-order valence-electron chi connectivity index (χ0n) is 18.4. The molecule has 0 spiro atoms. The summed E-state index contributed by atoms with van der Waals surface area (Å²) in [7, 11) is 0. The molecule has 2 amide bonds. The van der Waals surface area contributed by atoms with Crippen LogP contribution in [0.5, 0.6) is 0 Å². The van der Waals surface area contributed by atoms with Crippen LogP contribution in [0.25, 0.3) is 0 Å². The molecule has 3 aliphatic rings. The Morgan fingerprint density at radius 2 is 1.84 bits per heavy atom. The van der Waals surface area contributed by atoms with Crippen molar-refractivity contribution in [2.45, 2.75) is 63.5 Å².